The summed E-state index contributed by atoms with van der Waals surface area (Å²) in [6.07, 6.45) is -7.31. The number of nitrogens with zero attached hydrogens (tertiary/aromatic N) is 1. The zero-order valence-electron chi connectivity index (χ0n) is 13.5. The first-order chi connectivity index (χ1) is 12.0. The van der Waals surface area contributed by atoms with Crippen LogP contribution in [0.3, 0.4) is 0 Å². The predicted octanol–water partition coefficient (Wildman–Crippen LogP) is 4.42. The molecule has 0 atom stereocenters. The molecule has 3 nitrogen and oxygen atoms in total. The maximum absolute atomic E-state index is 12.8. The second-order valence-electron chi connectivity index (χ2n) is 6.35. The predicted molar refractivity (Wildman–Crippen MR) is 82.5 cm³/mol. The second kappa shape index (κ2) is 7.60. The van der Waals surface area contributed by atoms with Crippen LogP contribution in [0.2, 0.25) is 12.6 Å². The summed E-state index contributed by atoms with van der Waals surface area (Å²) in [6.45, 7) is 0.106. The van der Waals surface area contributed by atoms with Crippen LogP contribution in [0.5, 0.6) is 0 Å². The molecule has 0 radical (unpaired) electrons. The van der Waals surface area contributed by atoms with Gasteiger partial charge in [0.25, 0.3) is 12.6 Å². The molecule has 1 saturated heterocycles. The van der Waals surface area contributed by atoms with Gasteiger partial charge in [0.1, 0.15) is 0 Å². The van der Waals surface area contributed by atoms with E-state index in [1.54, 1.807) is 0 Å². The summed E-state index contributed by atoms with van der Waals surface area (Å²) in [5, 5.41) is 11.2. The molecule has 1 amide bonds. The summed E-state index contributed by atoms with van der Waals surface area (Å²) < 4.78 is 76.9. The van der Waals surface area contributed by atoms with Crippen molar-refractivity contribution in [1.29, 1.82) is 5.26 Å². The summed E-state index contributed by atoms with van der Waals surface area (Å²) in [5.41, 5.74) is -3.73. The first-order valence-corrected chi connectivity index (χ1v) is 7.98. The first kappa shape index (κ1) is 20.1. The van der Waals surface area contributed by atoms with Crippen molar-refractivity contribution in [3.8, 4) is 5.97 Å². The molecule has 140 valence electrons. The number of amides is 1. The van der Waals surface area contributed by atoms with Gasteiger partial charge in [0, 0.05) is 18.1 Å². The molecular weight excluding hydrogens is 361 g/mol. The van der Waals surface area contributed by atoms with Gasteiger partial charge in [0.05, 0.1) is 11.1 Å². The molecular formula is C16H15BF6N2O. The molecule has 1 aliphatic heterocycles. The largest absolute Gasteiger partial charge is 0.416 e. The average molecular weight is 376 g/mol. The third-order valence-corrected chi connectivity index (χ3v) is 4.43. The number of rotatable bonds is 3. The van der Waals surface area contributed by atoms with E-state index in [4.69, 9.17) is 5.26 Å². The summed E-state index contributed by atoms with van der Waals surface area (Å²) in [4.78, 5) is 12.1. The van der Waals surface area contributed by atoms with E-state index in [1.165, 1.54) is 0 Å². The van der Waals surface area contributed by atoms with E-state index in [0.717, 1.165) is 0 Å². The van der Waals surface area contributed by atoms with Gasteiger partial charge in [-0.15, -0.1) is 0 Å². The first-order valence-electron chi connectivity index (χ1n) is 7.98. The highest BCUT2D eigenvalue weighted by molar-refractivity contribution is 6.67. The summed E-state index contributed by atoms with van der Waals surface area (Å²) in [6, 6.07) is 0.814. The Labute approximate surface area is 146 Å². The van der Waals surface area contributed by atoms with Crippen molar-refractivity contribution in [2.75, 3.05) is 6.54 Å². The van der Waals surface area contributed by atoms with Gasteiger partial charge in [-0.3, -0.25) is 4.79 Å². The summed E-state index contributed by atoms with van der Waals surface area (Å²) >= 11 is 0. The van der Waals surface area contributed by atoms with Crippen molar-refractivity contribution in [2.24, 2.45) is 5.92 Å². The number of nitriles is 1. The molecule has 0 aromatic heterocycles. The number of nitrogens with one attached hydrogen (secondary N) is 1. The lowest BCUT2D eigenvalue weighted by Crippen LogP contribution is -2.32. The van der Waals surface area contributed by atoms with Crippen molar-refractivity contribution in [3.05, 3.63) is 34.9 Å². The Balaban J connectivity index is 2.12. The van der Waals surface area contributed by atoms with Crippen LogP contribution in [0.15, 0.2) is 18.2 Å². The maximum Gasteiger partial charge on any atom is 0.416 e. The average Bonchev–Trinajstić information content (AvgIpc) is 2.58. The highest BCUT2D eigenvalue weighted by Crippen LogP contribution is 2.36. The normalized spacial score (nSPS) is 16.3. The van der Waals surface area contributed by atoms with Crippen LogP contribution in [-0.2, 0) is 12.4 Å². The van der Waals surface area contributed by atoms with Gasteiger partial charge >= 0.3 is 12.4 Å². The van der Waals surface area contributed by atoms with E-state index >= 15 is 0 Å². The fourth-order valence-corrected chi connectivity index (χ4v) is 2.92. The van der Waals surface area contributed by atoms with Crippen LogP contribution >= 0.6 is 0 Å². The molecule has 1 aromatic rings. The van der Waals surface area contributed by atoms with Crippen LogP contribution in [0.25, 0.3) is 0 Å². The van der Waals surface area contributed by atoms with Crippen LogP contribution in [0, 0.1) is 17.1 Å². The monoisotopic (exact) mass is 376 g/mol. The minimum absolute atomic E-state index is 0.0139. The van der Waals surface area contributed by atoms with E-state index < -0.39 is 35.0 Å². The Hall–Kier alpha value is -2.18. The van der Waals surface area contributed by atoms with Gasteiger partial charge in [-0.1, -0.05) is 25.5 Å². The highest BCUT2D eigenvalue weighted by Gasteiger charge is 2.37. The number of hydrogen-bond donors (Lipinski definition) is 1. The van der Waals surface area contributed by atoms with E-state index in [1.807, 2.05) is 0 Å². The Bertz CT molecular complexity index is 670. The Kier molecular flexibility index (Phi) is 5.89. The number of carbonyl (C=O) groups is 1. The Morgan fingerprint density at radius 1 is 1.08 bits per heavy atom. The molecule has 0 saturated carbocycles. The zero-order chi connectivity index (χ0) is 19.5. The molecule has 26 heavy (non-hydrogen) atoms. The fourth-order valence-electron chi connectivity index (χ4n) is 2.92. The lowest BCUT2D eigenvalue weighted by molar-refractivity contribution is -0.143. The van der Waals surface area contributed by atoms with Crippen molar-refractivity contribution in [3.63, 3.8) is 0 Å². The van der Waals surface area contributed by atoms with Gasteiger partial charge in [0.15, 0.2) is 0 Å². The maximum atomic E-state index is 12.8. The molecule has 1 heterocycles. The molecule has 0 bridgehead atoms. The lowest BCUT2D eigenvalue weighted by atomic mass is 9.42. The number of hydrogen-bond acceptors (Lipinski definition) is 2. The van der Waals surface area contributed by atoms with Gasteiger partial charge in [-0.05, 0) is 24.1 Å². The lowest BCUT2D eigenvalue weighted by Gasteiger charge is -2.23. The van der Waals surface area contributed by atoms with E-state index in [2.05, 4.69) is 11.3 Å². The zero-order valence-corrected chi connectivity index (χ0v) is 13.5. The van der Waals surface area contributed by atoms with Crippen LogP contribution in [-0.4, -0.2) is 19.2 Å². The Morgan fingerprint density at radius 2 is 1.58 bits per heavy atom. The quantitative estimate of drug-likeness (QED) is 0.627. The van der Waals surface area contributed by atoms with Gasteiger partial charge < -0.3 is 5.32 Å². The van der Waals surface area contributed by atoms with Gasteiger partial charge in [-0.2, -0.15) is 26.3 Å². The van der Waals surface area contributed by atoms with Gasteiger partial charge in [-0.25, -0.2) is 5.26 Å². The molecule has 0 aliphatic carbocycles. The SMILES string of the molecule is N#CB1CCC(CNC(=O)c2cc(C(F)(F)F)cc(C(F)(F)F)c2)CC1. The Morgan fingerprint density at radius 3 is 2.00 bits per heavy atom. The number of carbonyl (C=O) groups excluding carboxylic acids is 1. The topological polar surface area (TPSA) is 52.9 Å². The van der Waals surface area contributed by atoms with Crippen molar-refractivity contribution < 1.29 is 31.1 Å². The molecule has 0 spiro atoms. The van der Waals surface area contributed by atoms with Crippen LogP contribution < -0.4 is 5.32 Å². The minimum Gasteiger partial charge on any atom is -0.352 e. The molecule has 0 unspecified atom stereocenters. The third-order valence-electron chi connectivity index (χ3n) is 4.43. The summed E-state index contributed by atoms with van der Waals surface area (Å²) in [5.74, 6) is 1.23. The van der Waals surface area contributed by atoms with Crippen molar-refractivity contribution in [2.45, 2.75) is 37.8 Å². The molecule has 10 heteroatoms. The van der Waals surface area contributed by atoms with Crippen LogP contribution in [0.1, 0.15) is 34.3 Å². The number of benzene rings is 1. The summed E-state index contributed by atoms with van der Waals surface area (Å²) in [7, 11) is 0. The number of alkyl halides is 6. The van der Waals surface area contributed by atoms with E-state index in [0.29, 0.717) is 37.6 Å². The van der Waals surface area contributed by atoms with Gasteiger partial charge in [0.2, 0.25) is 0 Å². The second-order valence-corrected chi connectivity index (χ2v) is 6.35. The highest BCUT2D eigenvalue weighted by atomic mass is 19.4. The fraction of sp³-hybridized carbons (Fsp3) is 0.500. The van der Waals surface area contributed by atoms with Crippen LogP contribution in [0.4, 0.5) is 26.3 Å². The molecule has 2 rings (SSSR count). The van der Waals surface area contributed by atoms with E-state index in [9.17, 15) is 31.1 Å². The molecule has 1 N–H and O–H groups in total. The minimum atomic E-state index is -4.99. The molecule has 1 aliphatic rings. The van der Waals surface area contributed by atoms with Crippen molar-refractivity contribution in [1.82, 2.24) is 5.32 Å². The standard InChI is InChI=1S/C16H15BF6N2O/c18-15(19,20)12-5-11(6-13(7-12)16(21,22)23)14(26)25-8-10-1-3-17(9-24)4-2-10/h5-7,10H,1-4,8H2,(H,25,26). The third kappa shape index (κ3) is 5.16. The molecule has 1 fully saturated rings. The van der Waals surface area contributed by atoms with Crippen molar-refractivity contribution >= 4 is 12.6 Å². The smallest absolute Gasteiger partial charge is 0.352 e. The number of halogens is 6. The molecule has 1 aromatic carbocycles. The van der Waals surface area contributed by atoms with E-state index in [-0.39, 0.29) is 25.2 Å².